The lowest BCUT2D eigenvalue weighted by molar-refractivity contribution is -0.148. The Kier molecular flexibility index (Phi) is 11.7. The zero-order chi connectivity index (χ0) is 18.3. The number of benzene rings is 1. The molecule has 0 spiro atoms. The minimum atomic E-state index is -0.519. The van der Waals surface area contributed by atoms with Crippen molar-refractivity contribution in [3.05, 3.63) is 34.3 Å². The molecule has 0 aliphatic rings. The first kappa shape index (κ1) is 21.4. The molecule has 8 heteroatoms. The van der Waals surface area contributed by atoms with E-state index in [9.17, 15) is 9.59 Å². The number of hydrogen-bond donors (Lipinski definition) is 2. The fraction of sp³-hybridized carbons (Fsp3) is 0.529. The largest absolute Gasteiger partial charge is 0.450 e. The number of carbonyl (C=O) groups excluding carboxylic acids is 2. The van der Waals surface area contributed by atoms with Crippen molar-refractivity contribution in [3.63, 3.8) is 0 Å². The normalized spacial score (nSPS) is 11.6. The lowest BCUT2D eigenvalue weighted by atomic mass is 10.2. The van der Waals surface area contributed by atoms with Crippen LogP contribution < -0.4 is 10.6 Å². The van der Waals surface area contributed by atoms with Crippen LogP contribution in [0.2, 0.25) is 0 Å². The predicted octanol–water partition coefficient (Wildman–Crippen LogP) is 2.75. The molecule has 140 valence electrons. The van der Waals surface area contributed by atoms with Crippen molar-refractivity contribution in [3.8, 4) is 0 Å². The summed E-state index contributed by atoms with van der Waals surface area (Å²) in [6.45, 7) is 3.99. The molecule has 2 N–H and O–H groups in total. The quantitative estimate of drug-likeness (QED) is 0.293. The minimum Gasteiger partial charge on any atom is -0.450 e. The summed E-state index contributed by atoms with van der Waals surface area (Å²) in [6, 6.07) is 7.68. The van der Waals surface area contributed by atoms with E-state index in [1.807, 2.05) is 24.3 Å². The van der Waals surface area contributed by atoms with Crippen molar-refractivity contribution in [1.82, 2.24) is 10.6 Å². The lowest BCUT2D eigenvalue weighted by Gasteiger charge is -2.20. The topological polar surface area (TPSA) is 85.9 Å². The molecule has 1 atom stereocenters. The Morgan fingerprint density at radius 2 is 1.88 bits per heavy atom. The van der Waals surface area contributed by atoms with Crippen molar-refractivity contribution < 1.29 is 23.8 Å². The number of nitrogens with one attached hydrogen (secondary N) is 2. The second kappa shape index (κ2) is 13.6. The Morgan fingerprint density at radius 3 is 2.52 bits per heavy atom. The van der Waals surface area contributed by atoms with Crippen LogP contribution in [0.3, 0.4) is 0 Å². The van der Waals surface area contributed by atoms with Crippen LogP contribution in [0.25, 0.3) is 0 Å². The molecular formula is C17H25BrN2O5. The standard InChI is InChI=1S/C17H25BrN2O5/c1-2-23-17(22)20-10-6-12-25-16(24-11-5-9-19-13-21)14-7-3-4-8-15(14)18/h3-4,7-8,13,16H,2,5-6,9-12H2,1H3,(H,19,21)(H,20,22). The van der Waals surface area contributed by atoms with Crippen LogP contribution in [0.15, 0.2) is 28.7 Å². The average Bonchev–Trinajstić information content (AvgIpc) is 2.60. The molecule has 1 aromatic rings. The van der Waals surface area contributed by atoms with Gasteiger partial charge in [0, 0.05) is 23.1 Å². The van der Waals surface area contributed by atoms with E-state index in [-0.39, 0.29) is 0 Å². The third-order valence-electron chi connectivity index (χ3n) is 3.11. The number of amides is 2. The van der Waals surface area contributed by atoms with Gasteiger partial charge in [-0.2, -0.15) is 0 Å². The summed E-state index contributed by atoms with van der Waals surface area (Å²) in [7, 11) is 0. The van der Waals surface area contributed by atoms with Crippen LogP contribution in [0.1, 0.15) is 31.6 Å². The van der Waals surface area contributed by atoms with Crippen LogP contribution in [0, 0.1) is 0 Å². The second-order valence-electron chi connectivity index (χ2n) is 5.02. The van der Waals surface area contributed by atoms with Crippen LogP contribution in [-0.2, 0) is 19.0 Å². The third-order valence-corrected chi connectivity index (χ3v) is 3.83. The molecule has 0 bridgehead atoms. The maximum Gasteiger partial charge on any atom is 0.407 e. The number of halogens is 1. The Labute approximate surface area is 156 Å². The van der Waals surface area contributed by atoms with Gasteiger partial charge in [0.05, 0.1) is 19.8 Å². The maximum absolute atomic E-state index is 11.2. The summed E-state index contributed by atoms with van der Waals surface area (Å²) in [5, 5.41) is 5.23. The van der Waals surface area contributed by atoms with Crippen molar-refractivity contribution in [2.75, 3.05) is 32.9 Å². The molecule has 1 aromatic carbocycles. The number of hydrogen-bond acceptors (Lipinski definition) is 5. The molecule has 0 fully saturated rings. The molecule has 0 radical (unpaired) electrons. The van der Waals surface area contributed by atoms with Gasteiger partial charge in [0.1, 0.15) is 0 Å². The zero-order valence-electron chi connectivity index (χ0n) is 14.3. The highest BCUT2D eigenvalue weighted by Gasteiger charge is 2.15. The summed E-state index contributed by atoms with van der Waals surface area (Å²) in [6.07, 6.45) is 1.04. The summed E-state index contributed by atoms with van der Waals surface area (Å²) in [5.41, 5.74) is 0.893. The number of carbonyl (C=O) groups is 2. The molecule has 2 amide bonds. The van der Waals surface area contributed by atoms with Gasteiger partial charge in [0.2, 0.25) is 6.41 Å². The van der Waals surface area contributed by atoms with E-state index in [1.165, 1.54) is 0 Å². The zero-order valence-corrected chi connectivity index (χ0v) is 15.9. The summed E-state index contributed by atoms with van der Waals surface area (Å²) < 4.78 is 17.3. The van der Waals surface area contributed by atoms with Crippen LogP contribution in [0.5, 0.6) is 0 Å². The molecule has 0 aliphatic heterocycles. The van der Waals surface area contributed by atoms with Crippen LogP contribution >= 0.6 is 15.9 Å². The molecule has 1 unspecified atom stereocenters. The first-order chi connectivity index (χ1) is 12.2. The van der Waals surface area contributed by atoms with Crippen molar-refractivity contribution >= 4 is 28.4 Å². The smallest absolute Gasteiger partial charge is 0.407 e. The lowest BCUT2D eigenvalue weighted by Crippen LogP contribution is -2.26. The Morgan fingerprint density at radius 1 is 1.20 bits per heavy atom. The van der Waals surface area contributed by atoms with E-state index in [2.05, 4.69) is 26.6 Å². The monoisotopic (exact) mass is 416 g/mol. The van der Waals surface area contributed by atoms with Crippen molar-refractivity contribution in [2.45, 2.75) is 26.1 Å². The predicted molar refractivity (Wildman–Crippen MR) is 97.1 cm³/mol. The Balaban J connectivity index is 2.41. The number of ether oxygens (including phenoxy) is 3. The second-order valence-corrected chi connectivity index (χ2v) is 5.88. The van der Waals surface area contributed by atoms with Gasteiger partial charge in [-0.3, -0.25) is 4.79 Å². The van der Waals surface area contributed by atoms with Gasteiger partial charge in [-0.05, 0) is 25.8 Å². The molecule has 0 aliphatic carbocycles. The molecule has 7 nitrogen and oxygen atoms in total. The SMILES string of the molecule is CCOC(=O)NCCCOC(OCCCNC=O)c1ccccc1Br. The van der Waals surface area contributed by atoms with Gasteiger partial charge < -0.3 is 24.8 Å². The molecule has 1 rings (SSSR count). The van der Waals surface area contributed by atoms with Gasteiger partial charge in [-0.25, -0.2) is 4.79 Å². The van der Waals surface area contributed by atoms with E-state index in [0.717, 1.165) is 10.0 Å². The fourth-order valence-electron chi connectivity index (χ4n) is 1.95. The van der Waals surface area contributed by atoms with Gasteiger partial charge in [-0.1, -0.05) is 34.1 Å². The average molecular weight is 417 g/mol. The highest BCUT2D eigenvalue weighted by molar-refractivity contribution is 9.10. The molecule has 25 heavy (non-hydrogen) atoms. The molecule has 0 aromatic heterocycles. The third kappa shape index (κ3) is 9.42. The van der Waals surface area contributed by atoms with Gasteiger partial charge in [-0.15, -0.1) is 0 Å². The van der Waals surface area contributed by atoms with Crippen molar-refractivity contribution in [2.24, 2.45) is 0 Å². The van der Waals surface area contributed by atoms with E-state index in [0.29, 0.717) is 52.2 Å². The first-order valence-electron chi connectivity index (χ1n) is 8.24. The molecule has 0 heterocycles. The summed E-state index contributed by atoms with van der Waals surface area (Å²) in [5.74, 6) is 0. The van der Waals surface area contributed by atoms with Crippen molar-refractivity contribution in [1.29, 1.82) is 0 Å². The van der Waals surface area contributed by atoms with E-state index >= 15 is 0 Å². The van der Waals surface area contributed by atoms with Gasteiger partial charge in [0.15, 0.2) is 6.29 Å². The van der Waals surface area contributed by atoms with E-state index < -0.39 is 12.4 Å². The molecule has 0 saturated carbocycles. The van der Waals surface area contributed by atoms with Crippen LogP contribution in [0.4, 0.5) is 4.79 Å². The highest BCUT2D eigenvalue weighted by atomic mass is 79.9. The highest BCUT2D eigenvalue weighted by Crippen LogP contribution is 2.27. The van der Waals surface area contributed by atoms with E-state index in [4.69, 9.17) is 14.2 Å². The summed E-state index contributed by atoms with van der Waals surface area (Å²) in [4.78, 5) is 21.4. The fourth-order valence-corrected chi connectivity index (χ4v) is 2.42. The first-order valence-corrected chi connectivity index (χ1v) is 9.03. The summed E-state index contributed by atoms with van der Waals surface area (Å²) >= 11 is 3.50. The number of alkyl carbamates (subject to hydrolysis) is 1. The minimum absolute atomic E-state index is 0.346. The Bertz CT molecular complexity index is 516. The maximum atomic E-state index is 11.2. The Hall–Kier alpha value is -1.64. The van der Waals surface area contributed by atoms with Crippen LogP contribution in [-0.4, -0.2) is 45.4 Å². The molecule has 0 saturated heterocycles. The molecular weight excluding hydrogens is 392 g/mol. The van der Waals surface area contributed by atoms with Gasteiger partial charge >= 0.3 is 6.09 Å². The van der Waals surface area contributed by atoms with E-state index in [1.54, 1.807) is 6.92 Å². The number of rotatable bonds is 13. The van der Waals surface area contributed by atoms with Gasteiger partial charge in [0.25, 0.3) is 0 Å².